The van der Waals surface area contributed by atoms with E-state index in [9.17, 15) is 13.5 Å². The largest absolute Gasteiger partial charge is 0.506 e. The van der Waals surface area contributed by atoms with Crippen molar-refractivity contribution >= 4 is 21.4 Å². The number of anilines is 2. The predicted molar refractivity (Wildman–Crippen MR) is 72.3 cm³/mol. The van der Waals surface area contributed by atoms with Gasteiger partial charge >= 0.3 is 0 Å². The van der Waals surface area contributed by atoms with Crippen LogP contribution in [0.5, 0.6) is 5.75 Å². The van der Waals surface area contributed by atoms with Gasteiger partial charge < -0.3 is 10.8 Å². The first kappa shape index (κ1) is 13.2. The minimum Gasteiger partial charge on any atom is -0.506 e. The van der Waals surface area contributed by atoms with Crippen LogP contribution >= 0.6 is 0 Å². The summed E-state index contributed by atoms with van der Waals surface area (Å²) >= 11 is 0. The molecule has 2 aromatic rings. The Hall–Kier alpha value is -2.28. The third-order valence-electron chi connectivity index (χ3n) is 2.68. The van der Waals surface area contributed by atoms with E-state index in [0.717, 1.165) is 4.31 Å². The van der Waals surface area contributed by atoms with Gasteiger partial charge in [0.15, 0.2) is 0 Å². The monoisotopic (exact) mass is 279 g/mol. The van der Waals surface area contributed by atoms with Crippen molar-refractivity contribution in [3.63, 3.8) is 0 Å². The Bertz CT molecular complexity index is 687. The van der Waals surface area contributed by atoms with Crippen LogP contribution in [0.15, 0.2) is 47.6 Å². The molecule has 3 N–H and O–H groups in total. The molecular formula is C12H13N3O3S. The first-order valence-electron chi connectivity index (χ1n) is 5.40. The number of benzene rings is 1. The molecule has 0 radical (unpaired) electrons. The summed E-state index contributed by atoms with van der Waals surface area (Å²) in [7, 11) is -2.28. The fourth-order valence-corrected chi connectivity index (χ4v) is 2.78. The van der Waals surface area contributed by atoms with Gasteiger partial charge in [-0.15, -0.1) is 0 Å². The zero-order valence-corrected chi connectivity index (χ0v) is 11.0. The average Bonchev–Trinajstić information content (AvgIpc) is 2.41. The second-order valence-electron chi connectivity index (χ2n) is 3.90. The topological polar surface area (TPSA) is 96.5 Å². The molecule has 1 aromatic carbocycles. The number of phenolic OH excluding ortho intramolecular Hbond substituents is 1. The van der Waals surface area contributed by atoms with Crippen molar-refractivity contribution in [1.29, 1.82) is 0 Å². The van der Waals surface area contributed by atoms with Crippen molar-refractivity contribution in [3.05, 3.63) is 42.7 Å². The van der Waals surface area contributed by atoms with E-state index in [4.69, 9.17) is 5.73 Å². The Kier molecular flexibility index (Phi) is 3.30. The molecule has 1 aromatic heterocycles. The normalized spacial score (nSPS) is 11.2. The first-order chi connectivity index (χ1) is 8.93. The molecule has 0 atom stereocenters. The van der Waals surface area contributed by atoms with Crippen LogP contribution in [-0.2, 0) is 10.0 Å². The Morgan fingerprint density at radius 1 is 1.21 bits per heavy atom. The molecule has 1 heterocycles. The van der Waals surface area contributed by atoms with Crippen LogP contribution in [0.2, 0.25) is 0 Å². The maximum atomic E-state index is 12.4. The number of hydrogen-bond acceptors (Lipinski definition) is 5. The van der Waals surface area contributed by atoms with E-state index in [0.29, 0.717) is 5.69 Å². The van der Waals surface area contributed by atoms with Crippen molar-refractivity contribution < 1.29 is 13.5 Å². The summed E-state index contributed by atoms with van der Waals surface area (Å²) in [6, 6.07) is 6.95. The standard InChI is InChI=1S/C12H13N3O3S/c1-15(9-4-6-14-7-5-9)19(17,18)10-2-3-12(16)11(13)8-10/h2-8,16H,13H2,1H3. The van der Waals surface area contributed by atoms with Gasteiger partial charge in [-0.3, -0.25) is 9.29 Å². The molecule has 6 nitrogen and oxygen atoms in total. The third-order valence-corrected chi connectivity index (χ3v) is 4.47. The molecule has 0 aliphatic rings. The van der Waals surface area contributed by atoms with Crippen LogP contribution < -0.4 is 10.0 Å². The summed E-state index contributed by atoms with van der Waals surface area (Å²) in [5.74, 6) is -0.148. The van der Waals surface area contributed by atoms with Gasteiger partial charge in [-0.2, -0.15) is 0 Å². The highest BCUT2D eigenvalue weighted by Gasteiger charge is 2.21. The van der Waals surface area contributed by atoms with Crippen molar-refractivity contribution in [2.75, 3.05) is 17.1 Å². The van der Waals surface area contributed by atoms with Gasteiger partial charge in [-0.25, -0.2) is 8.42 Å². The van der Waals surface area contributed by atoms with Gasteiger partial charge in [0, 0.05) is 19.4 Å². The number of nitrogens with two attached hydrogens (primary N) is 1. The lowest BCUT2D eigenvalue weighted by molar-refractivity contribution is 0.477. The number of nitrogens with zero attached hydrogens (tertiary/aromatic N) is 2. The van der Waals surface area contributed by atoms with Crippen LogP contribution in [-0.4, -0.2) is 25.6 Å². The van der Waals surface area contributed by atoms with Crippen LogP contribution in [0.25, 0.3) is 0 Å². The van der Waals surface area contributed by atoms with Gasteiger partial charge in [-0.1, -0.05) is 0 Å². The van der Waals surface area contributed by atoms with Crippen LogP contribution in [0.3, 0.4) is 0 Å². The van der Waals surface area contributed by atoms with Crippen LogP contribution in [0.1, 0.15) is 0 Å². The fraction of sp³-hybridized carbons (Fsp3) is 0.0833. The Morgan fingerprint density at radius 3 is 2.42 bits per heavy atom. The Balaban J connectivity index is 2.45. The first-order valence-corrected chi connectivity index (χ1v) is 6.84. The minimum absolute atomic E-state index is 0.0158. The van der Waals surface area contributed by atoms with E-state index in [1.54, 1.807) is 12.1 Å². The summed E-state index contributed by atoms with van der Waals surface area (Å²) in [6.45, 7) is 0. The maximum absolute atomic E-state index is 12.4. The molecule has 0 unspecified atom stereocenters. The molecule has 0 fully saturated rings. The Morgan fingerprint density at radius 2 is 1.84 bits per heavy atom. The highest BCUT2D eigenvalue weighted by Crippen LogP contribution is 2.26. The molecule has 2 rings (SSSR count). The molecule has 100 valence electrons. The second kappa shape index (κ2) is 4.77. The summed E-state index contributed by atoms with van der Waals surface area (Å²) < 4.78 is 25.9. The molecule has 7 heteroatoms. The Labute approximate surface area is 111 Å². The highest BCUT2D eigenvalue weighted by molar-refractivity contribution is 7.92. The SMILES string of the molecule is CN(c1ccncc1)S(=O)(=O)c1ccc(O)c(N)c1. The quantitative estimate of drug-likeness (QED) is 0.650. The van der Waals surface area contributed by atoms with E-state index in [-0.39, 0.29) is 16.3 Å². The molecule has 0 aliphatic heterocycles. The number of nitrogen functional groups attached to an aromatic ring is 1. The van der Waals surface area contributed by atoms with E-state index in [2.05, 4.69) is 4.98 Å². The van der Waals surface area contributed by atoms with Gasteiger partial charge in [0.2, 0.25) is 0 Å². The zero-order valence-electron chi connectivity index (χ0n) is 10.2. The van der Waals surface area contributed by atoms with Crippen molar-refractivity contribution in [2.24, 2.45) is 0 Å². The van der Waals surface area contributed by atoms with Gasteiger partial charge in [-0.05, 0) is 30.3 Å². The van der Waals surface area contributed by atoms with Gasteiger partial charge in [0.05, 0.1) is 16.3 Å². The number of aromatic hydroxyl groups is 1. The van der Waals surface area contributed by atoms with E-state index >= 15 is 0 Å². The predicted octanol–water partition coefficient (Wildman–Crippen LogP) is 1.19. The van der Waals surface area contributed by atoms with Gasteiger partial charge in [0.25, 0.3) is 10.0 Å². The number of sulfonamides is 1. The molecule has 19 heavy (non-hydrogen) atoms. The molecular weight excluding hydrogens is 266 g/mol. The van der Waals surface area contributed by atoms with Crippen LogP contribution in [0, 0.1) is 0 Å². The lowest BCUT2D eigenvalue weighted by atomic mass is 10.3. The molecule has 0 bridgehead atoms. The zero-order chi connectivity index (χ0) is 14.0. The van der Waals surface area contributed by atoms with Crippen LogP contribution in [0.4, 0.5) is 11.4 Å². The number of pyridine rings is 1. The average molecular weight is 279 g/mol. The second-order valence-corrected chi connectivity index (χ2v) is 5.87. The number of hydrogen-bond donors (Lipinski definition) is 2. The molecule has 0 saturated carbocycles. The summed E-state index contributed by atoms with van der Waals surface area (Å²) in [4.78, 5) is 3.85. The van der Waals surface area contributed by atoms with Crippen molar-refractivity contribution in [2.45, 2.75) is 4.90 Å². The maximum Gasteiger partial charge on any atom is 0.264 e. The van der Waals surface area contributed by atoms with Crippen molar-refractivity contribution in [1.82, 2.24) is 4.98 Å². The summed E-state index contributed by atoms with van der Waals surface area (Å²) in [5, 5.41) is 9.32. The fourth-order valence-electron chi connectivity index (χ4n) is 1.54. The molecule has 0 aliphatic carbocycles. The molecule has 0 amide bonds. The summed E-state index contributed by atoms with van der Waals surface area (Å²) in [5.41, 5.74) is 6.02. The minimum atomic E-state index is -3.72. The smallest absolute Gasteiger partial charge is 0.264 e. The molecule has 0 saturated heterocycles. The van der Waals surface area contributed by atoms with E-state index in [1.165, 1.54) is 37.6 Å². The summed E-state index contributed by atoms with van der Waals surface area (Å²) in [6.07, 6.45) is 3.01. The lowest BCUT2D eigenvalue weighted by Crippen LogP contribution is -2.26. The number of rotatable bonds is 3. The number of aromatic nitrogens is 1. The van der Waals surface area contributed by atoms with E-state index in [1.807, 2.05) is 0 Å². The highest BCUT2D eigenvalue weighted by atomic mass is 32.2. The van der Waals surface area contributed by atoms with Crippen molar-refractivity contribution in [3.8, 4) is 5.75 Å². The third kappa shape index (κ3) is 2.45. The lowest BCUT2D eigenvalue weighted by Gasteiger charge is -2.19. The van der Waals surface area contributed by atoms with E-state index < -0.39 is 10.0 Å². The number of phenols is 1. The van der Waals surface area contributed by atoms with Gasteiger partial charge in [0.1, 0.15) is 5.75 Å². The molecule has 0 spiro atoms.